The van der Waals surface area contributed by atoms with Crippen LogP contribution in [0, 0.1) is 5.92 Å². The van der Waals surface area contributed by atoms with Crippen molar-refractivity contribution >= 4 is 17.8 Å². The van der Waals surface area contributed by atoms with E-state index in [0.717, 1.165) is 37.3 Å². The van der Waals surface area contributed by atoms with Crippen LogP contribution in [0.15, 0.2) is 36.4 Å². The van der Waals surface area contributed by atoms with Crippen molar-refractivity contribution in [2.75, 3.05) is 6.54 Å². The number of benzene rings is 1. The van der Waals surface area contributed by atoms with Crippen molar-refractivity contribution in [1.82, 2.24) is 10.6 Å². The third-order valence-electron chi connectivity index (χ3n) is 5.38. The van der Waals surface area contributed by atoms with Crippen molar-refractivity contribution in [2.24, 2.45) is 11.7 Å². The number of phenols is 1. The molecule has 3 atom stereocenters. The fourth-order valence-electron chi connectivity index (χ4n) is 3.53. The summed E-state index contributed by atoms with van der Waals surface area (Å²) in [6.45, 7) is 4.58. The Morgan fingerprint density at radius 1 is 1.06 bits per heavy atom. The summed E-state index contributed by atoms with van der Waals surface area (Å²) in [4.78, 5) is 36.7. The number of unbranched alkanes of at least 4 members (excludes halogenated alkanes) is 2. The second kappa shape index (κ2) is 15.9. The van der Waals surface area contributed by atoms with E-state index in [9.17, 15) is 19.5 Å². The van der Waals surface area contributed by atoms with Gasteiger partial charge in [-0.2, -0.15) is 0 Å². The van der Waals surface area contributed by atoms with Gasteiger partial charge in [-0.05, 0) is 43.0 Å². The van der Waals surface area contributed by atoms with Gasteiger partial charge in [0.25, 0.3) is 0 Å². The Kier molecular flexibility index (Phi) is 13.5. The van der Waals surface area contributed by atoms with Crippen LogP contribution in [0.4, 0.5) is 0 Å². The maximum Gasteiger partial charge on any atom is 0.328 e. The molecule has 0 aromatic heterocycles. The van der Waals surface area contributed by atoms with E-state index < -0.39 is 24.0 Å². The molecular formula is C25H39N3O5. The van der Waals surface area contributed by atoms with Crippen LogP contribution in [0.5, 0.6) is 5.75 Å². The van der Waals surface area contributed by atoms with Crippen LogP contribution in [-0.4, -0.2) is 46.6 Å². The van der Waals surface area contributed by atoms with Crippen molar-refractivity contribution in [3.8, 4) is 5.75 Å². The highest BCUT2D eigenvalue weighted by atomic mass is 16.4. The number of amides is 2. The van der Waals surface area contributed by atoms with Crippen LogP contribution in [-0.2, 0) is 20.8 Å². The lowest BCUT2D eigenvalue weighted by Crippen LogP contribution is -2.50. The number of aliphatic carboxylic acids is 1. The van der Waals surface area contributed by atoms with Crippen LogP contribution in [0.1, 0.15) is 64.4 Å². The lowest BCUT2D eigenvalue weighted by Gasteiger charge is -2.23. The van der Waals surface area contributed by atoms with Gasteiger partial charge in [0.15, 0.2) is 0 Å². The Balaban J connectivity index is 2.90. The number of carboxylic acid groups (broad SMARTS) is 1. The summed E-state index contributed by atoms with van der Waals surface area (Å²) < 4.78 is 0. The average molecular weight is 462 g/mol. The number of carbonyl (C=O) groups excluding carboxylic acids is 2. The van der Waals surface area contributed by atoms with Gasteiger partial charge in [0, 0.05) is 25.0 Å². The van der Waals surface area contributed by atoms with E-state index in [1.54, 1.807) is 12.1 Å². The fourth-order valence-corrected chi connectivity index (χ4v) is 3.53. The number of nitrogens with two attached hydrogens (primary N) is 1. The summed E-state index contributed by atoms with van der Waals surface area (Å²) in [5, 5.41) is 24.1. The molecule has 2 unspecified atom stereocenters. The fraction of sp³-hybridized carbons (Fsp3) is 0.560. The SMILES string of the molecule is CCCCCC(C)CC(=O)NC(Cc1ccc(O)cc1)C(=O)N[C@H](/C=C/C(=O)O)CCCN. The van der Waals surface area contributed by atoms with Crippen LogP contribution >= 0.6 is 0 Å². The van der Waals surface area contributed by atoms with Gasteiger partial charge in [-0.25, -0.2) is 4.79 Å². The quantitative estimate of drug-likeness (QED) is 0.189. The maximum atomic E-state index is 13.1. The van der Waals surface area contributed by atoms with Crippen molar-refractivity contribution in [3.63, 3.8) is 0 Å². The van der Waals surface area contributed by atoms with Gasteiger partial charge >= 0.3 is 5.97 Å². The molecular weight excluding hydrogens is 422 g/mol. The zero-order valence-electron chi connectivity index (χ0n) is 19.8. The molecule has 6 N–H and O–H groups in total. The van der Waals surface area contributed by atoms with Gasteiger partial charge in [-0.1, -0.05) is 57.7 Å². The van der Waals surface area contributed by atoms with Crippen LogP contribution < -0.4 is 16.4 Å². The predicted octanol–water partition coefficient (Wildman–Crippen LogP) is 2.89. The normalized spacial score (nSPS) is 13.9. The van der Waals surface area contributed by atoms with Gasteiger partial charge in [0.05, 0.1) is 0 Å². The van der Waals surface area contributed by atoms with E-state index in [0.29, 0.717) is 25.8 Å². The van der Waals surface area contributed by atoms with E-state index in [1.807, 2.05) is 6.92 Å². The minimum absolute atomic E-state index is 0.116. The van der Waals surface area contributed by atoms with Crippen LogP contribution in [0.3, 0.4) is 0 Å². The molecule has 8 heteroatoms. The molecule has 184 valence electrons. The lowest BCUT2D eigenvalue weighted by atomic mass is 9.98. The van der Waals surface area contributed by atoms with Gasteiger partial charge < -0.3 is 26.6 Å². The van der Waals surface area contributed by atoms with Gasteiger partial charge in [-0.15, -0.1) is 0 Å². The molecule has 33 heavy (non-hydrogen) atoms. The standard InChI is InChI=1S/C25H39N3O5/c1-3-4-5-7-18(2)16-23(30)28-22(17-19-9-12-21(29)13-10-19)25(33)27-20(8-6-15-26)11-14-24(31)32/h9-14,18,20,22,29H,3-8,15-17,26H2,1-2H3,(H,27,33)(H,28,30)(H,31,32)/b14-11+/t18?,20-,22?/m0/s1. The number of hydrogen-bond donors (Lipinski definition) is 5. The monoisotopic (exact) mass is 461 g/mol. The Morgan fingerprint density at radius 3 is 2.36 bits per heavy atom. The predicted molar refractivity (Wildman–Crippen MR) is 129 cm³/mol. The van der Waals surface area contributed by atoms with E-state index in [-0.39, 0.29) is 24.0 Å². The molecule has 1 aromatic carbocycles. The second-order valence-corrected chi connectivity index (χ2v) is 8.54. The van der Waals surface area contributed by atoms with E-state index in [4.69, 9.17) is 10.8 Å². The summed E-state index contributed by atoms with van der Waals surface area (Å²) in [5.74, 6) is -1.37. The molecule has 1 aromatic rings. The second-order valence-electron chi connectivity index (χ2n) is 8.54. The average Bonchev–Trinajstić information content (AvgIpc) is 2.76. The molecule has 0 radical (unpaired) electrons. The third kappa shape index (κ3) is 12.7. The Hall–Kier alpha value is -2.87. The first-order valence-corrected chi connectivity index (χ1v) is 11.7. The molecule has 0 aliphatic carbocycles. The number of phenolic OH excluding ortho intramolecular Hbond substituents is 1. The summed E-state index contributed by atoms with van der Waals surface area (Å²) in [5.41, 5.74) is 6.34. The Morgan fingerprint density at radius 2 is 1.76 bits per heavy atom. The van der Waals surface area contributed by atoms with Crippen molar-refractivity contribution in [1.29, 1.82) is 0 Å². The molecule has 0 fully saturated rings. The highest BCUT2D eigenvalue weighted by Gasteiger charge is 2.24. The smallest absolute Gasteiger partial charge is 0.328 e. The number of hydrogen-bond acceptors (Lipinski definition) is 5. The van der Waals surface area contributed by atoms with Crippen molar-refractivity contribution in [2.45, 2.75) is 77.3 Å². The molecule has 0 aliphatic heterocycles. The van der Waals surface area contributed by atoms with E-state index >= 15 is 0 Å². The summed E-state index contributed by atoms with van der Waals surface area (Å²) >= 11 is 0. The topological polar surface area (TPSA) is 142 Å². The molecule has 0 heterocycles. The third-order valence-corrected chi connectivity index (χ3v) is 5.38. The largest absolute Gasteiger partial charge is 0.508 e. The van der Waals surface area contributed by atoms with Crippen molar-refractivity contribution in [3.05, 3.63) is 42.0 Å². The summed E-state index contributed by atoms with van der Waals surface area (Å²) in [7, 11) is 0. The number of aromatic hydroxyl groups is 1. The van der Waals surface area contributed by atoms with E-state index in [2.05, 4.69) is 17.6 Å². The highest BCUT2D eigenvalue weighted by molar-refractivity contribution is 5.88. The first-order valence-electron chi connectivity index (χ1n) is 11.7. The van der Waals surface area contributed by atoms with Crippen LogP contribution in [0.2, 0.25) is 0 Å². The van der Waals surface area contributed by atoms with Gasteiger partial charge in [0.1, 0.15) is 11.8 Å². The number of nitrogens with one attached hydrogen (secondary N) is 2. The number of rotatable bonds is 16. The molecule has 2 amide bonds. The number of carbonyl (C=O) groups is 3. The number of carboxylic acids is 1. The lowest BCUT2D eigenvalue weighted by molar-refractivity contribution is -0.131. The molecule has 0 aliphatic rings. The molecule has 0 saturated heterocycles. The minimum atomic E-state index is -1.10. The molecule has 0 spiro atoms. The molecule has 0 bridgehead atoms. The summed E-state index contributed by atoms with van der Waals surface area (Å²) in [6, 6.07) is 5.12. The van der Waals surface area contributed by atoms with Crippen LogP contribution in [0.25, 0.3) is 0 Å². The molecule has 0 saturated carbocycles. The summed E-state index contributed by atoms with van der Waals surface area (Å²) in [6.07, 6.45) is 8.37. The highest BCUT2D eigenvalue weighted by Crippen LogP contribution is 2.15. The molecule has 8 nitrogen and oxygen atoms in total. The Bertz CT molecular complexity index is 764. The zero-order valence-corrected chi connectivity index (χ0v) is 19.8. The zero-order chi connectivity index (χ0) is 24.6. The van der Waals surface area contributed by atoms with Gasteiger partial charge in [0.2, 0.25) is 11.8 Å². The first kappa shape index (κ1) is 28.2. The maximum absolute atomic E-state index is 13.1. The molecule has 1 rings (SSSR count). The minimum Gasteiger partial charge on any atom is -0.508 e. The van der Waals surface area contributed by atoms with Gasteiger partial charge in [-0.3, -0.25) is 9.59 Å². The van der Waals surface area contributed by atoms with Crippen molar-refractivity contribution < 1.29 is 24.6 Å². The Labute approximate surface area is 196 Å². The van der Waals surface area contributed by atoms with E-state index in [1.165, 1.54) is 18.2 Å². The first-order chi connectivity index (χ1) is 15.7.